The van der Waals surface area contributed by atoms with Gasteiger partial charge in [-0.05, 0) is 20.3 Å². The van der Waals surface area contributed by atoms with Crippen molar-refractivity contribution in [2.45, 2.75) is 31.6 Å². The first-order valence-electron chi connectivity index (χ1n) is 3.76. The summed E-state index contributed by atoms with van der Waals surface area (Å²) in [7, 11) is -3.14. The van der Waals surface area contributed by atoms with Crippen molar-refractivity contribution in [2.75, 3.05) is 6.26 Å². The van der Waals surface area contributed by atoms with Gasteiger partial charge in [0.1, 0.15) is 0 Å². The minimum atomic E-state index is -3.14. The molecule has 0 fully saturated rings. The van der Waals surface area contributed by atoms with Crippen molar-refractivity contribution in [1.82, 2.24) is 0 Å². The van der Waals surface area contributed by atoms with Crippen molar-refractivity contribution in [1.29, 1.82) is 0 Å². The van der Waals surface area contributed by atoms with Crippen molar-refractivity contribution in [3.05, 3.63) is 12.2 Å². The Bertz CT molecular complexity index is 253. The van der Waals surface area contributed by atoms with Crippen LogP contribution >= 0.6 is 0 Å². The minimum absolute atomic E-state index is 0.342. The maximum absolute atomic E-state index is 11.0. The minimum Gasteiger partial charge on any atom is -0.391 e. The average Bonchev–Trinajstić information content (AvgIpc) is 1.82. The zero-order valence-corrected chi connectivity index (χ0v) is 8.56. The number of rotatable bonds is 4. The first-order chi connectivity index (χ1) is 5.25. The molecule has 1 N–H and O–H groups in total. The Hall–Kier alpha value is -0.350. The van der Waals surface area contributed by atoms with E-state index in [0.29, 0.717) is 6.42 Å². The van der Waals surface area contributed by atoms with Crippen LogP contribution in [0.25, 0.3) is 0 Å². The molecule has 4 heteroatoms. The molecule has 0 saturated carbocycles. The second kappa shape index (κ2) is 4.05. The zero-order chi connectivity index (χ0) is 9.94. The van der Waals surface area contributed by atoms with Crippen LogP contribution in [0.2, 0.25) is 0 Å². The standard InChI is InChI=1S/C8H16O3S/c1-6(2)5-8(9)7(3)12(4,10)11/h7-9H,1,5H2,2-4H3. The second-order valence-electron chi connectivity index (χ2n) is 3.26. The molecule has 2 unspecified atom stereocenters. The van der Waals surface area contributed by atoms with Gasteiger partial charge in [-0.15, -0.1) is 6.58 Å². The Morgan fingerprint density at radius 1 is 1.58 bits per heavy atom. The van der Waals surface area contributed by atoms with Gasteiger partial charge < -0.3 is 5.11 Å². The molecule has 0 saturated heterocycles. The molecule has 0 aliphatic rings. The van der Waals surface area contributed by atoms with Crippen molar-refractivity contribution in [3.63, 3.8) is 0 Å². The molecule has 2 atom stereocenters. The number of sulfone groups is 1. The molecular formula is C8H16O3S. The van der Waals surface area contributed by atoms with Gasteiger partial charge in [-0.1, -0.05) is 5.57 Å². The van der Waals surface area contributed by atoms with Crippen LogP contribution in [-0.4, -0.2) is 31.1 Å². The van der Waals surface area contributed by atoms with E-state index >= 15 is 0 Å². The summed E-state index contributed by atoms with van der Waals surface area (Å²) < 4.78 is 21.9. The van der Waals surface area contributed by atoms with E-state index in [1.54, 1.807) is 6.92 Å². The van der Waals surface area contributed by atoms with E-state index in [4.69, 9.17) is 0 Å². The summed E-state index contributed by atoms with van der Waals surface area (Å²) in [6, 6.07) is 0. The second-order valence-corrected chi connectivity index (χ2v) is 5.67. The molecule has 0 bridgehead atoms. The maximum atomic E-state index is 11.0. The average molecular weight is 192 g/mol. The van der Waals surface area contributed by atoms with E-state index in [1.165, 1.54) is 6.92 Å². The fraction of sp³-hybridized carbons (Fsp3) is 0.750. The molecule has 0 aromatic carbocycles. The predicted octanol–water partition coefficient (Wildman–Crippen LogP) is 0.747. The highest BCUT2D eigenvalue weighted by Crippen LogP contribution is 2.11. The Morgan fingerprint density at radius 2 is 2.00 bits per heavy atom. The van der Waals surface area contributed by atoms with Crippen molar-refractivity contribution < 1.29 is 13.5 Å². The quantitative estimate of drug-likeness (QED) is 0.669. The third-order valence-electron chi connectivity index (χ3n) is 1.77. The van der Waals surface area contributed by atoms with Gasteiger partial charge in [0.05, 0.1) is 11.4 Å². The molecule has 0 amide bonds. The number of hydrogen-bond acceptors (Lipinski definition) is 3. The topological polar surface area (TPSA) is 54.4 Å². The van der Waals surface area contributed by atoms with Crippen molar-refractivity contribution in [2.24, 2.45) is 0 Å². The zero-order valence-electron chi connectivity index (χ0n) is 7.74. The lowest BCUT2D eigenvalue weighted by Crippen LogP contribution is -2.30. The smallest absolute Gasteiger partial charge is 0.152 e. The van der Waals surface area contributed by atoms with Crippen LogP contribution in [0.1, 0.15) is 20.3 Å². The van der Waals surface area contributed by atoms with Crippen LogP contribution in [0.15, 0.2) is 12.2 Å². The molecule has 0 aromatic rings. The summed E-state index contributed by atoms with van der Waals surface area (Å²) in [5, 5.41) is 8.67. The molecule has 0 spiro atoms. The van der Waals surface area contributed by atoms with Crippen LogP contribution in [0.3, 0.4) is 0 Å². The first kappa shape index (κ1) is 11.6. The molecule has 0 heterocycles. The highest BCUT2D eigenvalue weighted by molar-refractivity contribution is 7.91. The summed E-state index contributed by atoms with van der Waals surface area (Å²) >= 11 is 0. The number of hydrogen-bond donors (Lipinski definition) is 1. The van der Waals surface area contributed by atoms with Crippen molar-refractivity contribution in [3.8, 4) is 0 Å². The lowest BCUT2D eigenvalue weighted by atomic mass is 10.1. The molecule has 0 aromatic heterocycles. The SMILES string of the molecule is C=C(C)CC(O)C(C)S(C)(=O)=O. The van der Waals surface area contributed by atoms with E-state index in [-0.39, 0.29) is 0 Å². The van der Waals surface area contributed by atoms with Gasteiger partial charge >= 0.3 is 0 Å². The van der Waals surface area contributed by atoms with E-state index in [9.17, 15) is 13.5 Å². The van der Waals surface area contributed by atoms with Gasteiger partial charge in [0.2, 0.25) is 0 Å². The highest BCUT2D eigenvalue weighted by atomic mass is 32.2. The first-order valence-corrected chi connectivity index (χ1v) is 5.72. The van der Waals surface area contributed by atoms with Crippen molar-refractivity contribution >= 4 is 9.84 Å². The van der Waals surface area contributed by atoms with Gasteiger partial charge in [0, 0.05) is 6.26 Å². The lowest BCUT2D eigenvalue weighted by Gasteiger charge is -2.16. The molecule has 3 nitrogen and oxygen atoms in total. The molecule has 0 rings (SSSR count). The molecule has 72 valence electrons. The van der Waals surface area contributed by atoms with E-state index in [0.717, 1.165) is 11.8 Å². The lowest BCUT2D eigenvalue weighted by molar-refractivity contribution is 0.173. The van der Waals surface area contributed by atoms with Gasteiger partial charge in [-0.25, -0.2) is 8.42 Å². The van der Waals surface area contributed by atoms with Gasteiger partial charge in [0.15, 0.2) is 9.84 Å². The molecular weight excluding hydrogens is 176 g/mol. The van der Waals surface area contributed by atoms with Gasteiger partial charge in [0.25, 0.3) is 0 Å². The normalized spacial score (nSPS) is 17.0. The maximum Gasteiger partial charge on any atom is 0.152 e. The largest absolute Gasteiger partial charge is 0.391 e. The summed E-state index contributed by atoms with van der Waals surface area (Å²) in [6.45, 7) is 6.87. The summed E-state index contributed by atoms with van der Waals surface area (Å²) in [5.41, 5.74) is 0.790. The number of aliphatic hydroxyl groups excluding tert-OH is 1. The summed E-state index contributed by atoms with van der Waals surface area (Å²) in [4.78, 5) is 0. The monoisotopic (exact) mass is 192 g/mol. The molecule has 0 aliphatic heterocycles. The fourth-order valence-corrected chi connectivity index (χ4v) is 1.48. The summed E-state index contributed by atoms with van der Waals surface area (Å²) in [5.74, 6) is 0. The summed E-state index contributed by atoms with van der Waals surface area (Å²) in [6.07, 6.45) is 0.630. The highest BCUT2D eigenvalue weighted by Gasteiger charge is 2.23. The Morgan fingerprint density at radius 3 is 2.25 bits per heavy atom. The Kier molecular flexibility index (Phi) is 3.93. The van der Waals surface area contributed by atoms with E-state index in [1.807, 2.05) is 0 Å². The third kappa shape index (κ3) is 3.88. The van der Waals surface area contributed by atoms with Gasteiger partial charge in [-0.3, -0.25) is 0 Å². The van der Waals surface area contributed by atoms with Crippen LogP contribution < -0.4 is 0 Å². The fourth-order valence-electron chi connectivity index (χ4n) is 0.808. The van der Waals surface area contributed by atoms with E-state index < -0.39 is 21.2 Å². The molecule has 0 radical (unpaired) electrons. The number of aliphatic hydroxyl groups is 1. The van der Waals surface area contributed by atoms with Crippen LogP contribution in [0.4, 0.5) is 0 Å². The molecule has 0 aliphatic carbocycles. The Balaban J connectivity index is 4.30. The van der Waals surface area contributed by atoms with Gasteiger partial charge in [-0.2, -0.15) is 0 Å². The third-order valence-corrected chi connectivity index (χ3v) is 3.44. The predicted molar refractivity (Wildman–Crippen MR) is 49.7 cm³/mol. The van der Waals surface area contributed by atoms with Crippen LogP contribution in [0, 0.1) is 0 Å². The van der Waals surface area contributed by atoms with Crippen LogP contribution in [-0.2, 0) is 9.84 Å². The molecule has 12 heavy (non-hydrogen) atoms. The van der Waals surface area contributed by atoms with Crippen LogP contribution in [0.5, 0.6) is 0 Å². The van der Waals surface area contributed by atoms with E-state index in [2.05, 4.69) is 6.58 Å². The Labute approximate surface area is 74.0 Å².